The van der Waals surface area contributed by atoms with Crippen molar-refractivity contribution in [2.75, 3.05) is 56.2 Å². The average Bonchev–Trinajstić information content (AvgIpc) is 3.44. The summed E-state index contributed by atoms with van der Waals surface area (Å²) in [6, 6.07) is 10.0. The number of rotatable bonds is 5. The number of anilines is 2. The quantitative estimate of drug-likeness (QED) is 0.582. The van der Waals surface area contributed by atoms with Gasteiger partial charge in [0.05, 0.1) is 13.0 Å². The Morgan fingerprint density at radius 3 is 2.48 bits per heavy atom. The third-order valence-electron chi connectivity index (χ3n) is 6.42. The largest absolute Gasteiger partial charge is 0.497 e. The summed E-state index contributed by atoms with van der Waals surface area (Å²) >= 11 is 0. The number of hydrogen-bond acceptors (Lipinski definition) is 8. The second-order valence-electron chi connectivity index (χ2n) is 8.37. The van der Waals surface area contributed by atoms with Gasteiger partial charge in [-0.3, -0.25) is 4.79 Å². The lowest BCUT2D eigenvalue weighted by atomic mass is 9.96. The molecule has 0 spiro atoms. The summed E-state index contributed by atoms with van der Waals surface area (Å²) in [6.45, 7) is 4.70. The van der Waals surface area contributed by atoms with Crippen LogP contribution in [-0.2, 0) is 4.79 Å². The van der Waals surface area contributed by atoms with Gasteiger partial charge in [0.1, 0.15) is 30.5 Å². The van der Waals surface area contributed by atoms with Crippen LogP contribution in [0.4, 0.5) is 11.5 Å². The van der Waals surface area contributed by atoms with Crippen molar-refractivity contribution >= 4 is 17.4 Å². The van der Waals surface area contributed by atoms with Gasteiger partial charge in [-0.15, -0.1) is 0 Å². The average molecular weight is 449 g/mol. The van der Waals surface area contributed by atoms with Crippen LogP contribution in [0, 0.1) is 5.92 Å². The highest BCUT2D eigenvalue weighted by Gasteiger charge is 2.31. The molecule has 1 amide bonds. The van der Waals surface area contributed by atoms with E-state index in [4.69, 9.17) is 4.74 Å². The summed E-state index contributed by atoms with van der Waals surface area (Å²) in [4.78, 5) is 32.6. The first kappa shape index (κ1) is 21.2. The van der Waals surface area contributed by atoms with Crippen LogP contribution in [0.3, 0.4) is 0 Å². The van der Waals surface area contributed by atoms with E-state index in [1.54, 1.807) is 18.1 Å². The number of benzene rings is 1. The number of ether oxygens (including phenoxy) is 1. The zero-order valence-corrected chi connectivity index (χ0v) is 18.7. The molecule has 0 bridgehead atoms. The first-order chi connectivity index (χ1) is 16.2. The summed E-state index contributed by atoms with van der Waals surface area (Å²) in [5, 5.41) is 4.14. The van der Waals surface area contributed by atoms with Gasteiger partial charge in [-0.2, -0.15) is 5.10 Å². The van der Waals surface area contributed by atoms with E-state index in [2.05, 4.69) is 42.0 Å². The zero-order chi connectivity index (χ0) is 22.6. The third-order valence-corrected chi connectivity index (χ3v) is 6.42. The molecule has 2 aromatic heterocycles. The zero-order valence-electron chi connectivity index (χ0n) is 18.7. The fraction of sp³-hybridized carbons (Fsp3) is 0.435. The summed E-state index contributed by atoms with van der Waals surface area (Å²) in [6.07, 6.45) is 6.50. The molecule has 5 rings (SSSR count). The smallest absolute Gasteiger partial charge is 0.227 e. The fourth-order valence-electron chi connectivity index (χ4n) is 4.59. The Bertz CT molecular complexity index is 1060. The highest BCUT2D eigenvalue weighted by atomic mass is 16.5. The molecule has 2 aliphatic heterocycles. The minimum Gasteiger partial charge on any atom is -0.497 e. The Kier molecular flexibility index (Phi) is 6.05. The Hall–Kier alpha value is -3.69. The number of amides is 1. The van der Waals surface area contributed by atoms with Gasteiger partial charge >= 0.3 is 0 Å². The molecule has 0 saturated carbocycles. The first-order valence-electron chi connectivity index (χ1n) is 11.3. The maximum absolute atomic E-state index is 13.3. The molecule has 33 heavy (non-hydrogen) atoms. The lowest BCUT2D eigenvalue weighted by Gasteiger charge is -2.40. The van der Waals surface area contributed by atoms with E-state index in [1.807, 2.05) is 23.1 Å². The normalized spacial score (nSPS) is 18.9. The van der Waals surface area contributed by atoms with Gasteiger partial charge in [0.25, 0.3) is 0 Å². The molecular formula is C23H28N8O2. The van der Waals surface area contributed by atoms with Crippen molar-refractivity contribution in [1.82, 2.24) is 29.6 Å². The van der Waals surface area contributed by atoms with Crippen LogP contribution < -0.4 is 14.5 Å². The van der Waals surface area contributed by atoms with Crippen LogP contribution in [0.25, 0.3) is 5.82 Å². The van der Waals surface area contributed by atoms with Gasteiger partial charge in [0.2, 0.25) is 5.91 Å². The summed E-state index contributed by atoms with van der Waals surface area (Å²) in [7, 11) is 1.67. The monoisotopic (exact) mass is 448 g/mol. The van der Waals surface area contributed by atoms with Crippen LogP contribution in [0.15, 0.2) is 49.3 Å². The first-order valence-corrected chi connectivity index (χ1v) is 11.3. The second-order valence-corrected chi connectivity index (χ2v) is 8.37. The minimum absolute atomic E-state index is 0.0175. The molecular weight excluding hydrogens is 420 g/mol. The maximum atomic E-state index is 13.3. The van der Waals surface area contributed by atoms with Gasteiger partial charge in [0.15, 0.2) is 5.82 Å². The van der Waals surface area contributed by atoms with E-state index in [0.717, 1.165) is 57.1 Å². The van der Waals surface area contributed by atoms with Crippen molar-refractivity contribution in [2.24, 2.45) is 5.92 Å². The van der Waals surface area contributed by atoms with Crippen molar-refractivity contribution in [2.45, 2.75) is 12.8 Å². The van der Waals surface area contributed by atoms with Crippen LogP contribution in [0.2, 0.25) is 0 Å². The molecule has 2 saturated heterocycles. The molecule has 3 aromatic rings. The number of methoxy groups -OCH3 is 1. The van der Waals surface area contributed by atoms with E-state index in [9.17, 15) is 4.79 Å². The summed E-state index contributed by atoms with van der Waals surface area (Å²) in [5.41, 5.74) is 1.17. The number of piperazine rings is 1. The van der Waals surface area contributed by atoms with Gasteiger partial charge in [0, 0.05) is 51.0 Å². The highest BCUT2D eigenvalue weighted by molar-refractivity contribution is 5.80. The number of piperidine rings is 1. The van der Waals surface area contributed by atoms with Gasteiger partial charge < -0.3 is 19.4 Å². The molecule has 2 aliphatic rings. The Morgan fingerprint density at radius 2 is 1.76 bits per heavy atom. The minimum atomic E-state index is -0.0175. The van der Waals surface area contributed by atoms with E-state index < -0.39 is 0 Å². The molecule has 1 atom stereocenters. The second kappa shape index (κ2) is 9.43. The Morgan fingerprint density at radius 1 is 0.970 bits per heavy atom. The molecule has 4 heterocycles. The maximum Gasteiger partial charge on any atom is 0.227 e. The van der Waals surface area contributed by atoms with E-state index in [1.165, 1.54) is 18.3 Å². The third kappa shape index (κ3) is 4.59. The van der Waals surface area contributed by atoms with Crippen molar-refractivity contribution in [3.8, 4) is 11.6 Å². The predicted molar refractivity (Wildman–Crippen MR) is 124 cm³/mol. The molecule has 0 aliphatic carbocycles. The molecule has 10 nitrogen and oxygen atoms in total. The molecule has 172 valence electrons. The summed E-state index contributed by atoms with van der Waals surface area (Å²) < 4.78 is 6.86. The standard InChI is InChI=1S/C23H28N8O2/c1-33-20-6-4-19(5-7-20)28-9-11-29(12-10-28)23(32)18-3-2-8-30(14-18)21-13-22(26-16-25-21)31-17-24-15-27-31/h4-7,13,15-18H,2-3,8-12,14H2,1H3. The van der Waals surface area contributed by atoms with Crippen molar-refractivity contribution in [3.63, 3.8) is 0 Å². The number of aromatic nitrogens is 5. The molecule has 1 unspecified atom stereocenters. The van der Waals surface area contributed by atoms with Crippen molar-refractivity contribution in [1.29, 1.82) is 0 Å². The van der Waals surface area contributed by atoms with Gasteiger partial charge in [-0.05, 0) is 37.1 Å². The van der Waals surface area contributed by atoms with E-state index in [0.29, 0.717) is 12.4 Å². The topological polar surface area (TPSA) is 92.5 Å². The highest BCUT2D eigenvalue weighted by Crippen LogP contribution is 2.25. The van der Waals surface area contributed by atoms with Crippen LogP contribution >= 0.6 is 0 Å². The number of nitrogens with zero attached hydrogens (tertiary/aromatic N) is 8. The Balaban J connectivity index is 1.20. The predicted octanol–water partition coefficient (Wildman–Crippen LogP) is 1.63. The van der Waals surface area contributed by atoms with E-state index >= 15 is 0 Å². The SMILES string of the molecule is COc1ccc(N2CCN(C(=O)C3CCCN(c4cc(-n5cncn5)ncn4)C3)CC2)cc1. The fourth-order valence-corrected chi connectivity index (χ4v) is 4.59. The molecule has 10 heteroatoms. The van der Waals surface area contributed by atoms with Gasteiger partial charge in [-0.1, -0.05) is 0 Å². The van der Waals surface area contributed by atoms with E-state index in [-0.39, 0.29) is 11.8 Å². The van der Waals surface area contributed by atoms with Crippen LogP contribution in [-0.4, -0.2) is 81.9 Å². The summed E-state index contributed by atoms with van der Waals surface area (Å²) in [5.74, 6) is 2.57. The lowest BCUT2D eigenvalue weighted by Crippen LogP contribution is -2.52. The molecule has 2 fully saturated rings. The van der Waals surface area contributed by atoms with Crippen molar-refractivity contribution < 1.29 is 9.53 Å². The molecule has 0 radical (unpaired) electrons. The number of carbonyl (C=O) groups is 1. The van der Waals surface area contributed by atoms with Crippen LogP contribution in [0.1, 0.15) is 12.8 Å². The Labute approximate surface area is 192 Å². The van der Waals surface area contributed by atoms with Gasteiger partial charge in [-0.25, -0.2) is 19.6 Å². The number of hydrogen-bond donors (Lipinski definition) is 0. The molecule has 1 aromatic carbocycles. The lowest BCUT2D eigenvalue weighted by molar-refractivity contribution is -0.136. The number of carbonyl (C=O) groups excluding carboxylic acids is 1. The van der Waals surface area contributed by atoms with Crippen LogP contribution in [0.5, 0.6) is 5.75 Å². The van der Waals surface area contributed by atoms with Crippen molar-refractivity contribution in [3.05, 3.63) is 49.3 Å². The molecule has 0 N–H and O–H groups in total.